The highest BCUT2D eigenvalue weighted by atomic mass is 32.1. The molecule has 1 aliphatic heterocycles. The number of thiazole rings is 1. The molecule has 1 atom stereocenters. The van der Waals surface area contributed by atoms with Crippen LogP contribution in [0.1, 0.15) is 6.42 Å². The molecule has 1 unspecified atom stereocenters. The zero-order valence-electron chi connectivity index (χ0n) is 15.9. The molecule has 1 N–H and O–H groups in total. The van der Waals surface area contributed by atoms with Crippen molar-refractivity contribution in [3.63, 3.8) is 0 Å². The Labute approximate surface area is 170 Å². The molecule has 9 nitrogen and oxygen atoms in total. The van der Waals surface area contributed by atoms with Gasteiger partial charge in [-0.3, -0.25) is 4.79 Å². The molecule has 3 aromatic rings. The lowest BCUT2D eigenvalue weighted by Crippen LogP contribution is -2.25. The summed E-state index contributed by atoms with van der Waals surface area (Å²) in [6, 6.07) is 7.52. The van der Waals surface area contributed by atoms with Gasteiger partial charge in [0.25, 0.3) is 0 Å². The van der Waals surface area contributed by atoms with Gasteiger partial charge in [0.1, 0.15) is 0 Å². The number of methoxy groups -OCH3 is 2. The molecule has 0 spiro atoms. The Morgan fingerprint density at radius 1 is 1.31 bits per heavy atom. The van der Waals surface area contributed by atoms with Gasteiger partial charge in [-0.1, -0.05) is 17.4 Å². The summed E-state index contributed by atoms with van der Waals surface area (Å²) in [5.41, 5.74) is 2.42. The number of nitrogens with zero attached hydrogens (tertiary/aromatic N) is 5. The number of carbonyl (C=O) groups is 1. The number of likely N-dealkylation sites (tertiary alicyclic amines) is 1. The number of hydrogen-bond donors (Lipinski definition) is 1. The number of hydrogen-bond acceptors (Lipinski definition) is 9. The number of carbonyl (C=O) groups excluding carboxylic acids is 1. The molecule has 1 aromatic carbocycles. The Balaban J connectivity index is 1.59. The van der Waals surface area contributed by atoms with Crippen LogP contribution in [0.5, 0.6) is 11.8 Å². The van der Waals surface area contributed by atoms with E-state index >= 15 is 0 Å². The number of benzene rings is 1. The van der Waals surface area contributed by atoms with Crippen LogP contribution in [-0.2, 0) is 4.79 Å². The Morgan fingerprint density at radius 2 is 2.17 bits per heavy atom. The van der Waals surface area contributed by atoms with E-state index in [9.17, 15) is 4.79 Å². The highest BCUT2D eigenvalue weighted by Gasteiger charge is 2.28. The second kappa shape index (κ2) is 7.89. The quantitative estimate of drug-likeness (QED) is 0.639. The van der Waals surface area contributed by atoms with Gasteiger partial charge >= 0.3 is 0 Å². The fraction of sp³-hybridized carbons (Fsp3) is 0.316. The van der Waals surface area contributed by atoms with Crippen molar-refractivity contribution in [1.82, 2.24) is 20.1 Å². The van der Waals surface area contributed by atoms with Crippen molar-refractivity contribution < 1.29 is 14.3 Å². The number of nitrogens with one attached hydrogen (secondary N) is 1. The average Bonchev–Trinajstić information content (AvgIpc) is 3.39. The van der Waals surface area contributed by atoms with E-state index in [-0.39, 0.29) is 11.8 Å². The molecule has 0 saturated carbocycles. The van der Waals surface area contributed by atoms with E-state index < -0.39 is 0 Å². The number of anilines is 1. The van der Waals surface area contributed by atoms with Crippen molar-refractivity contribution in [3.8, 4) is 29.1 Å². The molecule has 0 aliphatic carbocycles. The van der Waals surface area contributed by atoms with Crippen LogP contribution >= 0.6 is 11.3 Å². The van der Waals surface area contributed by atoms with Crippen LogP contribution in [-0.4, -0.2) is 53.3 Å². The molecule has 1 saturated heterocycles. The van der Waals surface area contributed by atoms with Crippen molar-refractivity contribution in [2.45, 2.75) is 6.42 Å². The third kappa shape index (κ3) is 3.77. The molecule has 1 aliphatic rings. The zero-order chi connectivity index (χ0) is 20.4. The number of nitriles is 1. The zero-order valence-corrected chi connectivity index (χ0v) is 16.7. The molecule has 0 radical (unpaired) electrons. The summed E-state index contributed by atoms with van der Waals surface area (Å²) in [5, 5.41) is 20.3. The molecule has 0 bridgehead atoms. The lowest BCUT2D eigenvalue weighted by Gasteiger charge is -2.08. The van der Waals surface area contributed by atoms with Gasteiger partial charge in [0.2, 0.25) is 17.7 Å². The SMILES string of the molecule is COc1cc(-c2ccc3nc(NC(=O)C4CCN(C#N)C4)sc3c2)c(OC)nn1. The van der Waals surface area contributed by atoms with E-state index in [1.54, 1.807) is 11.0 Å². The van der Waals surface area contributed by atoms with Crippen LogP contribution in [0.15, 0.2) is 24.3 Å². The number of aromatic nitrogens is 3. The second-order valence-corrected chi connectivity index (χ2v) is 7.56. The van der Waals surface area contributed by atoms with Gasteiger partial charge in [-0.05, 0) is 24.1 Å². The summed E-state index contributed by atoms with van der Waals surface area (Å²) in [6.45, 7) is 1.07. The van der Waals surface area contributed by atoms with Gasteiger partial charge in [-0.25, -0.2) is 4.98 Å². The lowest BCUT2D eigenvalue weighted by molar-refractivity contribution is -0.119. The number of rotatable bonds is 5. The minimum absolute atomic E-state index is 0.105. The second-order valence-electron chi connectivity index (χ2n) is 6.53. The minimum atomic E-state index is -0.197. The average molecular weight is 410 g/mol. The Kier molecular flexibility index (Phi) is 5.14. The van der Waals surface area contributed by atoms with Crippen LogP contribution < -0.4 is 14.8 Å². The van der Waals surface area contributed by atoms with Gasteiger partial charge in [-0.2, -0.15) is 5.26 Å². The van der Waals surface area contributed by atoms with E-state index in [1.165, 1.54) is 25.6 Å². The van der Waals surface area contributed by atoms with Gasteiger partial charge in [0.15, 0.2) is 11.3 Å². The van der Waals surface area contributed by atoms with E-state index in [1.807, 2.05) is 18.2 Å². The highest BCUT2D eigenvalue weighted by molar-refractivity contribution is 7.22. The molecule has 10 heteroatoms. The monoisotopic (exact) mass is 410 g/mol. The van der Waals surface area contributed by atoms with Gasteiger partial charge in [0.05, 0.1) is 35.9 Å². The van der Waals surface area contributed by atoms with E-state index in [0.717, 1.165) is 21.3 Å². The third-order valence-electron chi connectivity index (χ3n) is 4.77. The highest BCUT2D eigenvalue weighted by Crippen LogP contribution is 2.35. The van der Waals surface area contributed by atoms with E-state index in [0.29, 0.717) is 36.4 Å². The number of fused-ring (bicyclic) bond motifs is 1. The summed E-state index contributed by atoms with van der Waals surface area (Å²) in [5.74, 6) is 0.483. The van der Waals surface area contributed by atoms with Crippen LogP contribution in [0.2, 0.25) is 0 Å². The van der Waals surface area contributed by atoms with E-state index in [2.05, 4.69) is 26.7 Å². The third-order valence-corrected chi connectivity index (χ3v) is 5.70. The maximum absolute atomic E-state index is 12.5. The summed E-state index contributed by atoms with van der Waals surface area (Å²) in [4.78, 5) is 18.6. The number of amides is 1. The first-order valence-corrected chi connectivity index (χ1v) is 9.75. The topological polar surface area (TPSA) is 113 Å². The number of ether oxygens (including phenoxy) is 2. The molecular weight excluding hydrogens is 392 g/mol. The molecule has 1 fully saturated rings. The van der Waals surface area contributed by atoms with Crippen molar-refractivity contribution >= 4 is 32.6 Å². The minimum Gasteiger partial charge on any atom is -0.480 e. The molecular formula is C19H18N6O3S. The smallest absolute Gasteiger partial charge is 0.241 e. The van der Waals surface area contributed by atoms with Crippen molar-refractivity contribution in [3.05, 3.63) is 24.3 Å². The summed E-state index contributed by atoms with van der Waals surface area (Å²) in [6.07, 6.45) is 2.76. The maximum Gasteiger partial charge on any atom is 0.241 e. The molecule has 148 valence electrons. The molecule has 29 heavy (non-hydrogen) atoms. The van der Waals surface area contributed by atoms with Crippen LogP contribution in [0, 0.1) is 17.4 Å². The van der Waals surface area contributed by atoms with Gasteiger partial charge < -0.3 is 19.7 Å². The van der Waals surface area contributed by atoms with Crippen LogP contribution in [0.4, 0.5) is 5.13 Å². The maximum atomic E-state index is 12.5. The summed E-state index contributed by atoms with van der Waals surface area (Å²) < 4.78 is 11.4. The molecule has 2 aromatic heterocycles. The van der Waals surface area contributed by atoms with Crippen molar-refractivity contribution in [1.29, 1.82) is 5.26 Å². The lowest BCUT2D eigenvalue weighted by atomic mass is 10.1. The largest absolute Gasteiger partial charge is 0.480 e. The first-order chi connectivity index (χ1) is 14.1. The predicted molar refractivity (Wildman–Crippen MR) is 108 cm³/mol. The normalized spacial score (nSPS) is 15.9. The predicted octanol–water partition coefficient (Wildman–Crippen LogP) is 2.51. The Hall–Kier alpha value is -3.45. The van der Waals surface area contributed by atoms with Crippen molar-refractivity contribution in [2.75, 3.05) is 32.6 Å². The van der Waals surface area contributed by atoms with Crippen LogP contribution in [0.3, 0.4) is 0 Å². The Bertz CT molecular complexity index is 1110. The first-order valence-electron chi connectivity index (χ1n) is 8.93. The molecule has 4 rings (SSSR count). The van der Waals surface area contributed by atoms with E-state index in [4.69, 9.17) is 14.7 Å². The summed E-state index contributed by atoms with van der Waals surface area (Å²) >= 11 is 1.39. The van der Waals surface area contributed by atoms with Crippen molar-refractivity contribution in [2.24, 2.45) is 5.92 Å². The van der Waals surface area contributed by atoms with Gasteiger partial charge in [0, 0.05) is 19.2 Å². The summed E-state index contributed by atoms with van der Waals surface area (Å²) in [7, 11) is 3.07. The fourth-order valence-electron chi connectivity index (χ4n) is 3.24. The molecule has 3 heterocycles. The standard InChI is InChI=1S/C19H18N6O3S/c1-27-16-8-13(18(28-2)24-23-16)11-3-4-14-15(7-11)29-19(21-14)22-17(26)12-5-6-25(9-12)10-20/h3-4,7-8,12H,5-6,9H2,1-2H3,(H,21,22,26). The first kappa shape index (κ1) is 18.9. The Morgan fingerprint density at radius 3 is 2.90 bits per heavy atom. The van der Waals surface area contributed by atoms with Gasteiger partial charge in [-0.15, -0.1) is 10.2 Å². The fourth-order valence-corrected chi connectivity index (χ4v) is 4.15. The van der Waals surface area contributed by atoms with Crippen LogP contribution in [0.25, 0.3) is 21.3 Å². The molecule has 1 amide bonds.